The summed E-state index contributed by atoms with van der Waals surface area (Å²) in [6.07, 6.45) is 7.11. The molecule has 1 aromatic heterocycles. The summed E-state index contributed by atoms with van der Waals surface area (Å²) in [5, 5.41) is 2.25. The van der Waals surface area contributed by atoms with Gasteiger partial charge in [-0.25, -0.2) is 0 Å². The van der Waals surface area contributed by atoms with E-state index in [1.54, 1.807) is 14.2 Å². The monoisotopic (exact) mass is 298 g/mol. The third kappa shape index (κ3) is 2.39. The van der Waals surface area contributed by atoms with E-state index >= 15 is 0 Å². The standard InChI is InChI=1S/C18H22N2O2/c1-12(2)6-9-20-10-7-14-16-13(5-8-19-14)11-15(21-3)18(22-4)17(16)20/h5,7-8,10-12H,6,9H2,1-4H3. The molecule has 116 valence electrons. The molecule has 3 rings (SSSR count). The van der Waals surface area contributed by atoms with Gasteiger partial charge in [0.1, 0.15) is 0 Å². The molecule has 4 nitrogen and oxygen atoms in total. The van der Waals surface area contributed by atoms with Crippen LogP contribution in [0, 0.1) is 5.92 Å². The van der Waals surface area contributed by atoms with Crippen LogP contribution in [0.5, 0.6) is 11.5 Å². The van der Waals surface area contributed by atoms with E-state index in [0.29, 0.717) is 5.92 Å². The summed E-state index contributed by atoms with van der Waals surface area (Å²) in [5.41, 5.74) is 2.04. The maximum absolute atomic E-state index is 5.66. The van der Waals surface area contributed by atoms with Gasteiger partial charge < -0.3 is 14.4 Å². The number of aromatic nitrogens is 1. The van der Waals surface area contributed by atoms with Crippen molar-refractivity contribution in [1.82, 2.24) is 4.98 Å². The molecule has 0 N–H and O–H groups in total. The van der Waals surface area contributed by atoms with Crippen LogP contribution in [0.1, 0.15) is 26.0 Å². The van der Waals surface area contributed by atoms with Crippen LogP contribution in [0.25, 0.3) is 16.8 Å². The first kappa shape index (κ1) is 14.7. The molecule has 22 heavy (non-hydrogen) atoms. The van der Waals surface area contributed by atoms with Gasteiger partial charge in [-0.3, -0.25) is 4.98 Å². The van der Waals surface area contributed by atoms with Gasteiger partial charge in [0.25, 0.3) is 0 Å². The predicted octanol–water partition coefficient (Wildman–Crippen LogP) is 4.09. The van der Waals surface area contributed by atoms with E-state index in [-0.39, 0.29) is 0 Å². The van der Waals surface area contributed by atoms with Crippen LogP contribution in [0.4, 0.5) is 5.69 Å². The molecule has 0 unspecified atom stereocenters. The van der Waals surface area contributed by atoms with Crippen molar-refractivity contribution in [3.05, 3.63) is 30.2 Å². The molecule has 0 bridgehead atoms. The Kier molecular flexibility index (Phi) is 3.92. The Hall–Kier alpha value is -2.23. The molecule has 4 heteroatoms. The van der Waals surface area contributed by atoms with Crippen molar-refractivity contribution in [2.24, 2.45) is 5.92 Å². The highest BCUT2D eigenvalue weighted by atomic mass is 16.5. The molecule has 0 atom stereocenters. The second kappa shape index (κ2) is 5.87. The lowest BCUT2D eigenvalue weighted by Crippen LogP contribution is -2.22. The summed E-state index contributed by atoms with van der Waals surface area (Å²) in [7, 11) is 3.37. The average molecular weight is 298 g/mol. The summed E-state index contributed by atoms with van der Waals surface area (Å²) >= 11 is 0. The number of pyridine rings is 1. The van der Waals surface area contributed by atoms with Gasteiger partial charge in [-0.15, -0.1) is 0 Å². The van der Waals surface area contributed by atoms with Crippen molar-refractivity contribution in [3.63, 3.8) is 0 Å². The molecule has 0 saturated carbocycles. The number of methoxy groups -OCH3 is 2. The van der Waals surface area contributed by atoms with E-state index < -0.39 is 0 Å². The van der Waals surface area contributed by atoms with E-state index in [1.807, 2.05) is 18.3 Å². The quantitative estimate of drug-likeness (QED) is 0.832. The van der Waals surface area contributed by atoms with Gasteiger partial charge in [-0.1, -0.05) is 13.8 Å². The minimum absolute atomic E-state index is 0.649. The van der Waals surface area contributed by atoms with Crippen molar-refractivity contribution in [2.45, 2.75) is 20.3 Å². The van der Waals surface area contributed by atoms with Gasteiger partial charge in [0.2, 0.25) is 0 Å². The molecule has 0 radical (unpaired) electrons. The van der Waals surface area contributed by atoms with E-state index in [1.165, 1.54) is 0 Å². The van der Waals surface area contributed by atoms with Crippen LogP contribution in [0.3, 0.4) is 0 Å². The molecule has 0 fully saturated rings. The zero-order valence-corrected chi connectivity index (χ0v) is 13.6. The van der Waals surface area contributed by atoms with Crippen molar-refractivity contribution < 1.29 is 9.47 Å². The van der Waals surface area contributed by atoms with Crippen molar-refractivity contribution in [1.29, 1.82) is 0 Å². The number of rotatable bonds is 5. The fraction of sp³-hybridized carbons (Fsp3) is 0.389. The summed E-state index contributed by atoms with van der Waals surface area (Å²) < 4.78 is 11.2. The first-order valence-electron chi connectivity index (χ1n) is 7.64. The number of hydrogen-bond donors (Lipinski definition) is 0. The van der Waals surface area contributed by atoms with Gasteiger partial charge in [-0.05, 0) is 35.9 Å². The fourth-order valence-electron chi connectivity index (χ4n) is 2.88. The molecule has 1 aromatic carbocycles. The first-order valence-corrected chi connectivity index (χ1v) is 7.64. The molecule has 2 aromatic rings. The van der Waals surface area contributed by atoms with Crippen LogP contribution in [-0.4, -0.2) is 25.7 Å². The summed E-state index contributed by atoms with van der Waals surface area (Å²) in [4.78, 5) is 6.74. The summed E-state index contributed by atoms with van der Waals surface area (Å²) in [5.74, 6) is 2.18. The first-order chi connectivity index (χ1) is 10.7. The molecular formula is C18H22N2O2. The maximum Gasteiger partial charge on any atom is 0.185 e. The molecule has 1 aliphatic rings. The van der Waals surface area contributed by atoms with Crippen LogP contribution in [-0.2, 0) is 0 Å². The topological polar surface area (TPSA) is 34.6 Å². The highest BCUT2D eigenvalue weighted by Crippen LogP contribution is 2.46. The lowest BCUT2D eigenvalue weighted by atomic mass is 10.0. The number of anilines is 1. The van der Waals surface area contributed by atoms with Crippen LogP contribution in [0.15, 0.2) is 24.5 Å². The summed E-state index contributed by atoms with van der Waals surface area (Å²) in [6, 6.07) is 4.03. The maximum atomic E-state index is 5.66. The fourth-order valence-corrected chi connectivity index (χ4v) is 2.88. The average Bonchev–Trinajstić information content (AvgIpc) is 2.53. The third-order valence-electron chi connectivity index (χ3n) is 4.05. The molecule has 0 aliphatic carbocycles. The van der Waals surface area contributed by atoms with Gasteiger partial charge in [-0.2, -0.15) is 0 Å². The number of nitrogens with zero attached hydrogens (tertiary/aromatic N) is 2. The van der Waals surface area contributed by atoms with Gasteiger partial charge in [0.15, 0.2) is 11.5 Å². The minimum Gasteiger partial charge on any atom is -0.493 e. The Labute approximate surface area is 131 Å². The highest BCUT2D eigenvalue weighted by Gasteiger charge is 2.24. The summed E-state index contributed by atoms with van der Waals surface area (Å²) in [6.45, 7) is 5.42. The van der Waals surface area contributed by atoms with E-state index in [4.69, 9.17) is 9.47 Å². The predicted molar refractivity (Wildman–Crippen MR) is 90.7 cm³/mol. The largest absolute Gasteiger partial charge is 0.493 e. The Morgan fingerprint density at radius 1 is 1.23 bits per heavy atom. The third-order valence-corrected chi connectivity index (χ3v) is 4.05. The molecule has 0 spiro atoms. The minimum atomic E-state index is 0.649. The SMILES string of the molecule is COc1cc2ccnc3c2c(c1OC)N(CCC(C)C)C=C3. The second-order valence-corrected chi connectivity index (χ2v) is 5.95. The Morgan fingerprint density at radius 2 is 2.05 bits per heavy atom. The van der Waals surface area contributed by atoms with Gasteiger partial charge in [0.05, 0.1) is 25.6 Å². The zero-order chi connectivity index (χ0) is 15.7. The molecule has 0 amide bonds. The second-order valence-electron chi connectivity index (χ2n) is 5.95. The zero-order valence-electron chi connectivity index (χ0n) is 13.6. The normalized spacial score (nSPS) is 13.0. The lowest BCUT2D eigenvalue weighted by Gasteiger charge is -2.29. The van der Waals surface area contributed by atoms with Crippen molar-refractivity contribution in [3.8, 4) is 11.5 Å². The van der Waals surface area contributed by atoms with Gasteiger partial charge in [0, 0.05) is 24.3 Å². The Balaban J connectivity index is 2.21. The Morgan fingerprint density at radius 3 is 2.73 bits per heavy atom. The van der Waals surface area contributed by atoms with Crippen LogP contribution in [0.2, 0.25) is 0 Å². The number of hydrogen-bond acceptors (Lipinski definition) is 4. The smallest absolute Gasteiger partial charge is 0.185 e. The molecule has 2 heterocycles. The van der Waals surface area contributed by atoms with Gasteiger partial charge >= 0.3 is 0 Å². The van der Waals surface area contributed by atoms with E-state index in [9.17, 15) is 0 Å². The highest BCUT2D eigenvalue weighted by molar-refractivity contribution is 6.05. The van der Waals surface area contributed by atoms with Crippen LogP contribution >= 0.6 is 0 Å². The molecular weight excluding hydrogens is 276 g/mol. The molecule has 1 aliphatic heterocycles. The lowest BCUT2D eigenvalue weighted by molar-refractivity contribution is 0.356. The Bertz CT molecular complexity index is 723. The number of ether oxygens (including phenoxy) is 2. The van der Waals surface area contributed by atoms with Crippen molar-refractivity contribution >= 4 is 22.5 Å². The molecule has 0 saturated heterocycles. The van der Waals surface area contributed by atoms with E-state index in [2.05, 4.69) is 36.0 Å². The number of benzene rings is 1. The van der Waals surface area contributed by atoms with Crippen LogP contribution < -0.4 is 14.4 Å². The van der Waals surface area contributed by atoms with E-state index in [0.717, 1.165) is 46.6 Å². The van der Waals surface area contributed by atoms with Crippen molar-refractivity contribution in [2.75, 3.05) is 25.7 Å².